The van der Waals surface area contributed by atoms with Crippen molar-refractivity contribution in [2.45, 2.75) is 51.6 Å². The van der Waals surface area contributed by atoms with E-state index in [1.165, 1.54) is 14.0 Å². The number of carbonyl (C=O) groups is 2. The first-order chi connectivity index (χ1) is 9.23. The van der Waals surface area contributed by atoms with E-state index in [0.29, 0.717) is 13.0 Å². The lowest BCUT2D eigenvalue weighted by atomic mass is 10.0. The smallest absolute Gasteiger partial charge is 0.333 e. The Morgan fingerprint density at radius 3 is 2.55 bits per heavy atom. The van der Waals surface area contributed by atoms with Gasteiger partial charge in [-0.3, -0.25) is 4.79 Å². The summed E-state index contributed by atoms with van der Waals surface area (Å²) in [6.07, 6.45) is -0.00707. The summed E-state index contributed by atoms with van der Waals surface area (Å²) in [5.41, 5.74) is 0.261. The second-order valence-electron chi connectivity index (χ2n) is 5.22. The molecule has 0 aliphatic carbocycles. The Morgan fingerprint density at radius 2 is 2.10 bits per heavy atom. The van der Waals surface area contributed by atoms with Crippen LogP contribution in [-0.2, 0) is 28.5 Å². The first-order valence-corrected chi connectivity index (χ1v) is 6.48. The molecule has 0 N–H and O–H groups in total. The maximum atomic E-state index is 11.4. The van der Waals surface area contributed by atoms with Crippen LogP contribution in [0.1, 0.15) is 33.6 Å². The molecule has 0 amide bonds. The quantitative estimate of drug-likeness (QED) is 0.545. The largest absolute Gasteiger partial charge is 0.466 e. The van der Waals surface area contributed by atoms with Crippen molar-refractivity contribution in [2.75, 3.05) is 13.7 Å². The summed E-state index contributed by atoms with van der Waals surface area (Å²) in [6.45, 7) is 9.03. The number of rotatable bonds is 6. The van der Waals surface area contributed by atoms with Crippen LogP contribution in [0, 0.1) is 0 Å². The van der Waals surface area contributed by atoms with Crippen molar-refractivity contribution in [3.63, 3.8) is 0 Å². The van der Waals surface area contributed by atoms with E-state index >= 15 is 0 Å². The summed E-state index contributed by atoms with van der Waals surface area (Å²) in [5.74, 6) is -1.55. The minimum atomic E-state index is -0.634. The number of methoxy groups -OCH3 is 1. The number of hydrogen-bond acceptors (Lipinski definition) is 6. The van der Waals surface area contributed by atoms with Crippen molar-refractivity contribution >= 4 is 11.9 Å². The van der Waals surface area contributed by atoms with Crippen molar-refractivity contribution in [3.8, 4) is 0 Å². The lowest BCUT2D eigenvalue weighted by molar-refractivity contribution is -0.153. The lowest BCUT2D eigenvalue weighted by Gasteiger charge is -2.21. The normalized spacial score (nSPS) is 22.1. The Bertz CT molecular complexity index is 387. The average molecular weight is 286 g/mol. The Kier molecular flexibility index (Phi) is 5.71. The number of carbonyl (C=O) groups excluding carboxylic acids is 2. The molecule has 0 spiro atoms. The van der Waals surface area contributed by atoms with Gasteiger partial charge in [-0.2, -0.15) is 0 Å². The van der Waals surface area contributed by atoms with Gasteiger partial charge in [-0.1, -0.05) is 6.58 Å². The monoisotopic (exact) mass is 286 g/mol. The maximum absolute atomic E-state index is 11.4. The van der Waals surface area contributed by atoms with E-state index < -0.39 is 23.8 Å². The van der Waals surface area contributed by atoms with Gasteiger partial charge in [0.1, 0.15) is 6.10 Å². The van der Waals surface area contributed by atoms with Gasteiger partial charge in [0.2, 0.25) is 0 Å². The van der Waals surface area contributed by atoms with Crippen LogP contribution < -0.4 is 0 Å². The fourth-order valence-electron chi connectivity index (χ4n) is 2.08. The van der Waals surface area contributed by atoms with Crippen LogP contribution in [0.15, 0.2) is 12.2 Å². The third-order valence-electron chi connectivity index (χ3n) is 2.87. The molecule has 1 heterocycles. The molecule has 0 aromatic carbocycles. The van der Waals surface area contributed by atoms with Gasteiger partial charge < -0.3 is 18.9 Å². The molecule has 1 fully saturated rings. The average Bonchev–Trinajstić information content (AvgIpc) is 2.66. The van der Waals surface area contributed by atoms with Gasteiger partial charge in [-0.05, 0) is 13.8 Å². The van der Waals surface area contributed by atoms with Crippen LogP contribution in [0.25, 0.3) is 0 Å². The zero-order chi connectivity index (χ0) is 15.3. The second kappa shape index (κ2) is 6.85. The molecule has 1 aliphatic heterocycles. The van der Waals surface area contributed by atoms with Crippen LogP contribution in [0.3, 0.4) is 0 Å². The van der Waals surface area contributed by atoms with Gasteiger partial charge in [0, 0.05) is 25.3 Å². The second-order valence-corrected chi connectivity index (χ2v) is 5.22. The highest BCUT2D eigenvalue weighted by atomic mass is 16.7. The molecule has 1 rings (SSSR count). The minimum absolute atomic E-state index is 0.181. The molecule has 20 heavy (non-hydrogen) atoms. The van der Waals surface area contributed by atoms with Gasteiger partial charge in [0.05, 0.1) is 19.8 Å². The molecule has 6 nitrogen and oxygen atoms in total. The highest BCUT2D eigenvalue weighted by Crippen LogP contribution is 2.27. The van der Waals surface area contributed by atoms with E-state index in [9.17, 15) is 9.59 Å². The van der Waals surface area contributed by atoms with Gasteiger partial charge in [0.25, 0.3) is 0 Å². The standard InChI is InChI=1S/C14H22O6/c1-9(13(16)17-5)6-11(19-10(2)15)7-12-8-18-14(3,4)20-12/h11-12H,1,6-8H2,2-5H3/t11-,12-/m0/s1. The summed E-state index contributed by atoms with van der Waals surface area (Å²) in [4.78, 5) is 22.5. The maximum Gasteiger partial charge on any atom is 0.333 e. The van der Waals surface area contributed by atoms with Crippen molar-refractivity contribution in [2.24, 2.45) is 0 Å². The van der Waals surface area contributed by atoms with Crippen LogP contribution in [0.4, 0.5) is 0 Å². The van der Waals surface area contributed by atoms with E-state index in [1.54, 1.807) is 0 Å². The van der Waals surface area contributed by atoms with E-state index in [2.05, 4.69) is 11.3 Å². The Hall–Kier alpha value is -1.40. The molecule has 0 aromatic rings. The van der Waals surface area contributed by atoms with Gasteiger partial charge in [-0.25, -0.2) is 4.79 Å². The molecule has 0 bridgehead atoms. The van der Waals surface area contributed by atoms with Crippen LogP contribution in [-0.4, -0.2) is 43.7 Å². The van der Waals surface area contributed by atoms with Crippen LogP contribution >= 0.6 is 0 Å². The van der Waals surface area contributed by atoms with E-state index in [0.717, 1.165) is 0 Å². The van der Waals surface area contributed by atoms with Gasteiger partial charge in [0.15, 0.2) is 5.79 Å². The summed E-state index contributed by atoms with van der Waals surface area (Å²) >= 11 is 0. The fourth-order valence-corrected chi connectivity index (χ4v) is 2.08. The predicted molar refractivity (Wildman–Crippen MR) is 70.8 cm³/mol. The molecular weight excluding hydrogens is 264 g/mol. The molecule has 1 aliphatic rings. The molecule has 0 aromatic heterocycles. The highest BCUT2D eigenvalue weighted by Gasteiger charge is 2.35. The summed E-state index contributed by atoms with van der Waals surface area (Å²) in [6, 6.07) is 0. The highest BCUT2D eigenvalue weighted by molar-refractivity contribution is 5.87. The minimum Gasteiger partial charge on any atom is -0.466 e. The first kappa shape index (κ1) is 16.7. The zero-order valence-electron chi connectivity index (χ0n) is 12.4. The third-order valence-corrected chi connectivity index (χ3v) is 2.87. The van der Waals surface area contributed by atoms with E-state index in [1.807, 2.05) is 13.8 Å². The molecule has 0 unspecified atom stereocenters. The molecule has 1 saturated heterocycles. The molecule has 0 radical (unpaired) electrons. The molecule has 2 atom stereocenters. The molecule has 0 saturated carbocycles. The first-order valence-electron chi connectivity index (χ1n) is 6.48. The van der Waals surface area contributed by atoms with Crippen molar-refractivity contribution < 1.29 is 28.5 Å². The van der Waals surface area contributed by atoms with E-state index in [-0.39, 0.29) is 18.1 Å². The molecule has 6 heteroatoms. The summed E-state index contributed by atoms with van der Waals surface area (Å²) in [5, 5.41) is 0. The van der Waals surface area contributed by atoms with Gasteiger partial charge >= 0.3 is 11.9 Å². The van der Waals surface area contributed by atoms with Crippen molar-refractivity contribution in [1.29, 1.82) is 0 Å². The summed E-state index contributed by atoms with van der Waals surface area (Å²) in [7, 11) is 1.28. The SMILES string of the molecule is C=C(C[C@@H](C[C@H]1COC(C)(C)O1)OC(C)=O)C(=O)OC. The number of hydrogen-bond donors (Lipinski definition) is 0. The topological polar surface area (TPSA) is 71.1 Å². The Morgan fingerprint density at radius 1 is 1.45 bits per heavy atom. The number of esters is 2. The van der Waals surface area contributed by atoms with Crippen molar-refractivity contribution in [3.05, 3.63) is 12.2 Å². The lowest BCUT2D eigenvalue weighted by Crippen LogP contribution is -2.27. The van der Waals surface area contributed by atoms with Crippen LogP contribution in [0.2, 0.25) is 0 Å². The van der Waals surface area contributed by atoms with Crippen molar-refractivity contribution in [1.82, 2.24) is 0 Å². The van der Waals surface area contributed by atoms with Crippen LogP contribution in [0.5, 0.6) is 0 Å². The Balaban J connectivity index is 2.58. The van der Waals surface area contributed by atoms with Gasteiger partial charge in [-0.15, -0.1) is 0 Å². The third kappa shape index (κ3) is 5.30. The molecular formula is C14H22O6. The molecule has 114 valence electrons. The fraction of sp³-hybridized carbons (Fsp3) is 0.714. The zero-order valence-corrected chi connectivity index (χ0v) is 12.4. The Labute approximate surface area is 119 Å². The predicted octanol–water partition coefficient (Wildman–Crippen LogP) is 1.58. The summed E-state index contributed by atoms with van der Waals surface area (Å²) < 4.78 is 20.9. The number of ether oxygens (including phenoxy) is 4. The van der Waals surface area contributed by atoms with E-state index in [4.69, 9.17) is 14.2 Å².